The van der Waals surface area contributed by atoms with Crippen molar-refractivity contribution >= 4 is 0 Å². The summed E-state index contributed by atoms with van der Waals surface area (Å²) < 4.78 is 45.2. The predicted octanol–water partition coefficient (Wildman–Crippen LogP) is 5.31. The van der Waals surface area contributed by atoms with Crippen LogP contribution in [-0.4, -0.2) is 16.9 Å². The normalized spacial score (nSPS) is 13.9. The fourth-order valence-electron chi connectivity index (χ4n) is 3.01. The summed E-state index contributed by atoms with van der Waals surface area (Å²) in [5.41, 5.74) is 1.69. The van der Waals surface area contributed by atoms with Crippen LogP contribution in [0.15, 0.2) is 60.7 Å². The monoisotopic (exact) mass is 389 g/mol. The number of aromatic nitrogens is 2. The molecule has 0 aliphatic carbocycles. The molecule has 2 atom stereocenters. The Morgan fingerprint density at radius 1 is 0.964 bits per heavy atom. The fraction of sp³-hybridized carbons (Fsp3) is 0.286. The molecule has 1 unspecified atom stereocenters. The molecular weight excluding hydrogens is 367 g/mol. The van der Waals surface area contributed by atoms with Gasteiger partial charge in [-0.1, -0.05) is 30.3 Å². The van der Waals surface area contributed by atoms with Crippen LogP contribution in [0.5, 0.6) is 5.88 Å². The van der Waals surface area contributed by atoms with Gasteiger partial charge in [0.15, 0.2) is 0 Å². The topological polar surface area (TPSA) is 39.1 Å². The second kappa shape index (κ2) is 8.06. The molecule has 3 aromatic rings. The van der Waals surface area contributed by atoms with E-state index < -0.39 is 11.7 Å². The Hall–Kier alpha value is -2.80. The van der Waals surface area contributed by atoms with E-state index in [-0.39, 0.29) is 12.1 Å². The number of benzene rings is 2. The van der Waals surface area contributed by atoms with Gasteiger partial charge in [-0.2, -0.15) is 18.3 Å². The van der Waals surface area contributed by atoms with E-state index in [4.69, 9.17) is 4.74 Å². The summed E-state index contributed by atoms with van der Waals surface area (Å²) in [6.45, 7) is 4.05. The quantitative estimate of drug-likeness (QED) is 0.621. The van der Waals surface area contributed by atoms with Crippen molar-refractivity contribution in [3.63, 3.8) is 0 Å². The zero-order chi connectivity index (χ0) is 20.3. The lowest BCUT2D eigenvalue weighted by Crippen LogP contribution is -2.22. The first-order valence-electron chi connectivity index (χ1n) is 8.92. The first-order valence-corrected chi connectivity index (χ1v) is 8.92. The number of hydrogen-bond acceptors (Lipinski definition) is 3. The molecule has 28 heavy (non-hydrogen) atoms. The summed E-state index contributed by atoms with van der Waals surface area (Å²) in [7, 11) is 1.51. The van der Waals surface area contributed by atoms with Crippen LogP contribution in [0.2, 0.25) is 0 Å². The smallest absolute Gasteiger partial charge is 0.416 e. The summed E-state index contributed by atoms with van der Waals surface area (Å²) in [4.78, 5) is 0. The maximum atomic E-state index is 12.8. The largest absolute Gasteiger partial charge is 0.481 e. The van der Waals surface area contributed by atoms with Gasteiger partial charge in [-0.25, -0.2) is 4.68 Å². The number of nitrogens with zero attached hydrogens (tertiary/aromatic N) is 2. The molecule has 0 aliphatic heterocycles. The molecule has 3 rings (SSSR count). The van der Waals surface area contributed by atoms with Crippen molar-refractivity contribution in [2.45, 2.75) is 32.1 Å². The lowest BCUT2D eigenvalue weighted by molar-refractivity contribution is -0.137. The van der Waals surface area contributed by atoms with Crippen LogP contribution in [0.3, 0.4) is 0 Å². The van der Waals surface area contributed by atoms with Gasteiger partial charge in [0.1, 0.15) is 0 Å². The van der Waals surface area contributed by atoms with Gasteiger partial charge >= 0.3 is 6.18 Å². The molecule has 0 saturated heterocycles. The third-order valence-electron chi connectivity index (χ3n) is 4.59. The van der Waals surface area contributed by atoms with Crippen molar-refractivity contribution in [3.05, 3.63) is 77.5 Å². The van der Waals surface area contributed by atoms with E-state index in [0.717, 1.165) is 23.4 Å². The molecule has 4 nitrogen and oxygen atoms in total. The van der Waals surface area contributed by atoms with Gasteiger partial charge in [-0.15, -0.1) is 0 Å². The van der Waals surface area contributed by atoms with Crippen LogP contribution in [0, 0.1) is 0 Å². The summed E-state index contributed by atoms with van der Waals surface area (Å²) in [6, 6.07) is 16.7. The summed E-state index contributed by atoms with van der Waals surface area (Å²) in [5, 5.41) is 8.02. The Bertz CT molecular complexity index is 905. The molecule has 0 amide bonds. The van der Waals surface area contributed by atoms with Crippen LogP contribution in [0.25, 0.3) is 5.69 Å². The highest BCUT2D eigenvalue weighted by atomic mass is 19.4. The summed E-state index contributed by atoms with van der Waals surface area (Å²) in [5.74, 6) is 0.454. The highest BCUT2D eigenvalue weighted by Crippen LogP contribution is 2.31. The Morgan fingerprint density at radius 2 is 1.61 bits per heavy atom. The minimum absolute atomic E-state index is 0.0835. The van der Waals surface area contributed by atoms with Crippen molar-refractivity contribution in [2.24, 2.45) is 0 Å². The Kier molecular flexibility index (Phi) is 5.74. The molecule has 1 N–H and O–H groups in total. The molecule has 148 valence electrons. The number of rotatable bonds is 6. The number of halogens is 3. The van der Waals surface area contributed by atoms with E-state index in [1.165, 1.54) is 23.9 Å². The minimum Gasteiger partial charge on any atom is -0.481 e. The Labute approximate surface area is 162 Å². The van der Waals surface area contributed by atoms with Crippen LogP contribution in [0.4, 0.5) is 13.2 Å². The van der Waals surface area contributed by atoms with Crippen molar-refractivity contribution < 1.29 is 17.9 Å². The molecule has 0 radical (unpaired) electrons. The highest BCUT2D eigenvalue weighted by molar-refractivity contribution is 5.39. The highest BCUT2D eigenvalue weighted by Gasteiger charge is 2.30. The maximum absolute atomic E-state index is 12.8. The van der Waals surface area contributed by atoms with Crippen molar-refractivity contribution in [2.75, 3.05) is 7.11 Å². The zero-order valence-corrected chi connectivity index (χ0v) is 15.9. The van der Waals surface area contributed by atoms with Gasteiger partial charge in [0, 0.05) is 18.2 Å². The van der Waals surface area contributed by atoms with Gasteiger partial charge in [0.2, 0.25) is 5.88 Å². The Morgan fingerprint density at radius 3 is 2.18 bits per heavy atom. The van der Waals surface area contributed by atoms with Gasteiger partial charge in [0.05, 0.1) is 24.1 Å². The average Bonchev–Trinajstić information content (AvgIpc) is 3.12. The van der Waals surface area contributed by atoms with Gasteiger partial charge in [-0.3, -0.25) is 0 Å². The molecule has 1 heterocycles. The van der Waals surface area contributed by atoms with Crippen LogP contribution in [0.1, 0.15) is 42.8 Å². The van der Waals surface area contributed by atoms with Gasteiger partial charge in [0.25, 0.3) is 0 Å². The third kappa shape index (κ3) is 4.36. The van der Waals surface area contributed by atoms with Crippen LogP contribution in [-0.2, 0) is 6.18 Å². The summed E-state index contributed by atoms with van der Waals surface area (Å²) >= 11 is 0. The number of hydrogen-bond donors (Lipinski definition) is 1. The van der Waals surface area contributed by atoms with E-state index >= 15 is 0 Å². The van der Waals surface area contributed by atoms with Crippen LogP contribution < -0.4 is 10.1 Å². The van der Waals surface area contributed by atoms with E-state index in [0.29, 0.717) is 11.6 Å². The fourth-order valence-corrected chi connectivity index (χ4v) is 3.01. The molecule has 0 spiro atoms. The van der Waals surface area contributed by atoms with E-state index in [9.17, 15) is 13.2 Å². The molecule has 0 bridgehead atoms. The first-order chi connectivity index (χ1) is 13.3. The van der Waals surface area contributed by atoms with E-state index in [1.54, 1.807) is 6.07 Å². The second-order valence-corrected chi connectivity index (χ2v) is 6.59. The minimum atomic E-state index is -4.37. The number of ether oxygens (including phenoxy) is 1. The van der Waals surface area contributed by atoms with Crippen molar-refractivity contribution in [1.29, 1.82) is 0 Å². The van der Waals surface area contributed by atoms with Crippen molar-refractivity contribution in [3.8, 4) is 11.6 Å². The molecule has 0 aliphatic rings. The standard InChI is InChI=1S/C21H22F3N3O/c1-14(16-7-5-4-6-8-16)25-15(2)19-13-20(28-3)27(26-19)18-11-9-17(10-12-18)21(22,23)24/h4-15,25H,1-3H3/t14-,15?/m1/s1. The van der Waals surface area contributed by atoms with Crippen LogP contribution >= 0.6 is 0 Å². The SMILES string of the molecule is COc1cc(C(C)N[C@H](C)c2ccccc2)nn1-c1ccc(C(F)(F)F)cc1. The predicted molar refractivity (Wildman–Crippen MR) is 102 cm³/mol. The van der Waals surface area contributed by atoms with Gasteiger partial charge in [-0.05, 0) is 43.7 Å². The molecule has 1 aromatic heterocycles. The van der Waals surface area contributed by atoms with E-state index in [2.05, 4.69) is 17.3 Å². The maximum Gasteiger partial charge on any atom is 0.416 e. The van der Waals surface area contributed by atoms with Gasteiger partial charge < -0.3 is 10.1 Å². The lowest BCUT2D eigenvalue weighted by Gasteiger charge is -2.19. The lowest BCUT2D eigenvalue weighted by atomic mass is 10.1. The number of alkyl halides is 3. The second-order valence-electron chi connectivity index (χ2n) is 6.59. The van der Waals surface area contributed by atoms with Crippen molar-refractivity contribution in [1.82, 2.24) is 15.1 Å². The number of nitrogens with one attached hydrogen (secondary N) is 1. The number of methoxy groups -OCH3 is 1. The molecular formula is C21H22F3N3O. The Balaban J connectivity index is 1.82. The summed E-state index contributed by atoms with van der Waals surface area (Å²) in [6.07, 6.45) is -4.37. The molecule has 2 aromatic carbocycles. The zero-order valence-electron chi connectivity index (χ0n) is 15.9. The third-order valence-corrected chi connectivity index (χ3v) is 4.59. The molecule has 0 saturated carbocycles. The average molecular weight is 389 g/mol. The molecule has 0 fully saturated rings. The van der Waals surface area contributed by atoms with E-state index in [1.807, 2.05) is 37.3 Å². The molecule has 7 heteroatoms. The first kappa shape index (κ1) is 19.9.